The molecule has 2 aromatic rings. The fourth-order valence-corrected chi connectivity index (χ4v) is 6.42. The number of carbonyl (C=O) groups excluding carboxylic acids is 3. The lowest BCUT2D eigenvalue weighted by Crippen LogP contribution is -2.44. The third-order valence-corrected chi connectivity index (χ3v) is 8.41. The molecule has 214 valence electrons. The van der Waals surface area contributed by atoms with E-state index in [-0.39, 0.29) is 30.8 Å². The number of ether oxygens (including phenoxy) is 2. The van der Waals surface area contributed by atoms with Gasteiger partial charge < -0.3 is 19.3 Å². The van der Waals surface area contributed by atoms with Crippen LogP contribution in [-0.4, -0.2) is 59.1 Å². The predicted molar refractivity (Wildman–Crippen MR) is 160 cm³/mol. The number of halogens is 1. The molecule has 5 rings (SSSR count). The number of rotatable bonds is 8. The summed E-state index contributed by atoms with van der Waals surface area (Å²) in [5.41, 5.74) is 3.28. The van der Waals surface area contributed by atoms with Gasteiger partial charge >= 0.3 is 11.9 Å². The number of piperidine rings is 1. The maximum absolute atomic E-state index is 13.6. The Morgan fingerprint density at radius 3 is 2.46 bits per heavy atom. The number of amidine groups is 1. The van der Waals surface area contributed by atoms with Crippen LogP contribution in [0.2, 0.25) is 5.02 Å². The second kappa shape index (κ2) is 13.0. The lowest BCUT2D eigenvalue weighted by molar-refractivity contribution is -0.151. The van der Waals surface area contributed by atoms with Crippen molar-refractivity contribution in [1.82, 2.24) is 9.80 Å². The summed E-state index contributed by atoms with van der Waals surface area (Å²) in [5, 5.41) is 3.16. The van der Waals surface area contributed by atoms with E-state index in [0.29, 0.717) is 47.6 Å². The lowest BCUT2D eigenvalue weighted by atomic mass is 9.91. The summed E-state index contributed by atoms with van der Waals surface area (Å²) in [6.07, 6.45) is 1.55. The minimum Gasteiger partial charge on any atom is -0.466 e. The molecule has 10 heteroatoms. The summed E-state index contributed by atoms with van der Waals surface area (Å²) < 4.78 is 10.8. The van der Waals surface area contributed by atoms with E-state index < -0.39 is 12.0 Å². The van der Waals surface area contributed by atoms with Crippen molar-refractivity contribution in [2.75, 3.05) is 26.3 Å². The van der Waals surface area contributed by atoms with E-state index in [0.717, 1.165) is 23.2 Å². The van der Waals surface area contributed by atoms with Crippen molar-refractivity contribution in [3.05, 3.63) is 87.4 Å². The molecule has 1 fully saturated rings. The largest absolute Gasteiger partial charge is 0.466 e. The molecule has 2 atom stereocenters. The summed E-state index contributed by atoms with van der Waals surface area (Å²) in [4.78, 5) is 48.2. The Morgan fingerprint density at radius 1 is 1.02 bits per heavy atom. The molecule has 1 amide bonds. The molecule has 3 heterocycles. The highest BCUT2D eigenvalue weighted by molar-refractivity contribution is 8.16. The third-order valence-electron chi connectivity index (χ3n) is 7.26. The SMILES string of the molecule is CCOC(=O)C1=C(c2ccccc2)N=C2SC=C(CC(=O)N3CCC[C@@H](C(=O)OCC)C3)N2[C@@H]1c1ccc(Cl)cc1. The number of benzene rings is 2. The highest BCUT2D eigenvalue weighted by Gasteiger charge is 2.43. The zero-order valence-corrected chi connectivity index (χ0v) is 24.6. The summed E-state index contributed by atoms with van der Waals surface area (Å²) in [6, 6.07) is 16.3. The van der Waals surface area contributed by atoms with Gasteiger partial charge in [0, 0.05) is 29.4 Å². The minimum atomic E-state index is -0.586. The quantitative estimate of drug-likeness (QED) is 0.357. The highest BCUT2D eigenvalue weighted by Crippen LogP contribution is 2.47. The molecule has 3 aliphatic rings. The molecule has 0 aromatic heterocycles. The van der Waals surface area contributed by atoms with Crippen molar-refractivity contribution in [3.8, 4) is 0 Å². The molecular weight excluding hydrogens is 562 g/mol. The van der Waals surface area contributed by atoms with Crippen LogP contribution in [0.5, 0.6) is 0 Å². The van der Waals surface area contributed by atoms with Gasteiger partial charge in [-0.05, 0) is 49.8 Å². The normalized spacial score (nSPS) is 20.3. The fraction of sp³-hybridized carbons (Fsp3) is 0.355. The first-order valence-corrected chi connectivity index (χ1v) is 15.1. The topological polar surface area (TPSA) is 88.5 Å². The molecule has 0 unspecified atom stereocenters. The van der Waals surface area contributed by atoms with E-state index in [2.05, 4.69) is 0 Å². The number of fused-ring (bicyclic) bond motifs is 1. The average molecular weight is 594 g/mol. The molecule has 41 heavy (non-hydrogen) atoms. The van der Waals surface area contributed by atoms with Crippen molar-refractivity contribution in [2.24, 2.45) is 10.9 Å². The van der Waals surface area contributed by atoms with Crippen LogP contribution in [0.25, 0.3) is 5.70 Å². The average Bonchev–Trinajstić information content (AvgIpc) is 3.39. The molecule has 0 radical (unpaired) electrons. The Labute approximate surface area is 249 Å². The Morgan fingerprint density at radius 2 is 1.76 bits per heavy atom. The first kappa shape index (κ1) is 29.0. The molecule has 0 saturated carbocycles. The Hall–Kier alpha value is -3.56. The van der Waals surface area contributed by atoms with Crippen molar-refractivity contribution in [2.45, 2.75) is 39.2 Å². The molecule has 0 bridgehead atoms. The monoisotopic (exact) mass is 593 g/mol. The summed E-state index contributed by atoms with van der Waals surface area (Å²) in [6.45, 7) is 5.01. The zero-order valence-electron chi connectivity index (χ0n) is 23.0. The first-order chi connectivity index (χ1) is 19.9. The Kier molecular flexibility index (Phi) is 9.15. The third kappa shape index (κ3) is 6.21. The Bertz CT molecular complexity index is 1410. The number of nitrogens with zero attached hydrogens (tertiary/aromatic N) is 3. The van der Waals surface area contributed by atoms with Gasteiger partial charge in [0.05, 0.1) is 42.9 Å². The number of likely N-dealkylation sites (tertiary alicyclic amines) is 1. The van der Waals surface area contributed by atoms with Crippen LogP contribution in [0.4, 0.5) is 0 Å². The van der Waals surface area contributed by atoms with Gasteiger partial charge in [-0.1, -0.05) is 65.8 Å². The van der Waals surface area contributed by atoms with Crippen molar-refractivity contribution >= 4 is 52.1 Å². The van der Waals surface area contributed by atoms with Gasteiger partial charge in [-0.15, -0.1) is 0 Å². The summed E-state index contributed by atoms with van der Waals surface area (Å²) in [5.74, 6) is -1.13. The zero-order chi connectivity index (χ0) is 28.9. The fourth-order valence-electron chi connectivity index (χ4n) is 5.37. The smallest absolute Gasteiger partial charge is 0.338 e. The summed E-state index contributed by atoms with van der Waals surface area (Å²) in [7, 11) is 0. The van der Waals surface area contributed by atoms with Crippen LogP contribution in [0.3, 0.4) is 0 Å². The van der Waals surface area contributed by atoms with Crippen molar-refractivity contribution in [1.29, 1.82) is 0 Å². The van der Waals surface area contributed by atoms with Crippen LogP contribution in [0.1, 0.15) is 50.3 Å². The van der Waals surface area contributed by atoms with Gasteiger partial charge in [0.1, 0.15) is 0 Å². The molecule has 0 spiro atoms. The number of thioether (sulfide) groups is 1. The number of aliphatic imine (C=N–C) groups is 1. The van der Waals surface area contributed by atoms with Gasteiger partial charge in [-0.3, -0.25) is 9.59 Å². The van der Waals surface area contributed by atoms with Crippen LogP contribution in [0.15, 0.2) is 76.3 Å². The maximum atomic E-state index is 13.6. The van der Waals surface area contributed by atoms with Gasteiger partial charge in [0.2, 0.25) is 5.91 Å². The predicted octanol–water partition coefficient (Wildman–Crippen LogP) is 5.81. The molecule has 1 saturated heterocycles. The van der Waals surface area contributed by atoms with Gasteiger partial charge in [0.25, 0.3) is 0 Å². The lowest BCUT2D eigenvalue weighted by Gasteiger charge is -2.37. The van der Waals surface area contributed by atoms with Gasteiger partial charge in [0.15, 0.2) is 5.17 Å². The van der Waals surface area contributed by atoms with Crippen LogP contribution in [0, 0.1) is 5.92 Å². The minimum absolute atomic E-state index is 0.0857. The van der Waals surface area contributed by atoms with Crippen LogP contribution >= 0.6 is 23.4 Å². The standard InChI is InChI=1S/C31H32ClN3O5S/c1-3-39-29(37)22-11-8-16-34(18-22)25(36)17-24-19-41-31-33-27(20-9-6-5-7-10-20)26(30(38)40-4-2)28(35(24)31)21-12-14-23(32)15-13-21/h5-7,9-10,12-15,19,22,28H,3-4,8,11,16-18H2,1-2H3/t22-,28-/m1/s1. The number of amides is 1. The van der Waals surface area contributed by atoms with Crippen LogP contribution in [-0.2, 0) is 23.9 Å². The summed E-state index contributed by atoms with van der Waals surface area (Å²) >= 11 is 7.65. The van der Waals surface area contributed by atoms with E-state index in [1.54, 1.807) is 30.9 Å². The Balaban J connectivity index is 1.50. The second-order valence-corrected chi connectivity index (χ2v) is 11.2. The molecular formula is C31H32ClN3O5S. The number of hydrogen-bond donors (Lipinski definition) is 0. The number of carbonyl (C=O) groups is 3. The molecule has 8 nitrogen and oxygen atoms in total. The van der Waals surface area contributed by atoms with Crippen molar-refractivity contribution in [3.63, 3.8) is 0 Å². The second-order valence-electron chi connectivity index (χ2n) is 9.90. The van der Waals surface area contributed by atoms with E-state index >= 15 is 0 Å². The van der Waals surface area contributed by atoms with Gasteiger partial charge in [-0.2, -0.15) is 0 Å². The molecule has 0 aliphatic carbocycles. The van der Waals surface area contributed by atoms with E-state index in [1.165, 1.54) is 11.8 Å². The van der Waals surface area contributed by atoms with Crippen molar-refractivity contribution < 1.29 is 23.9 Å². The van der Waals surface area contributed by atoms with E-state index in [1.807, 2.05) is 52.8 Å². The van der Waals surface area contributed by atoms with E-state index in [4.69, 9.17) is 26.1 Å². The maximum Gasteiger partial charge on any atom is 0.338 e. The highest BCUT2D eigenvalue weighted by atomic mass is 35.5. The molecule has 2 aromatic carbocycles. The molecule has 3 aliphatic heterocycles. The molecule has 0 N–H and O–H groups in total. The van der Waals surface area contributed by atoms with Crippen LogP contribution < -0.4 is 0 Å². The first-order valence-electron chi connectivity index (χ1n) is 13.8. The number of hydrogen-bond acceptors (Lipinski definition) is 8. The van der Waals surface area contributed by atoms with Gasteiger partial charge in [-0.25, -0.2) is 9.79 Å². The number of esters is 2. The van der Waals surface area contributed by atoms with E-state index in [9.17, 15) is 14.4 Å².